The van der Waals surface area contributed by atoms with Gasteiger partial charge >= 0.3 is 0 Å². The SMILES string of the molecule is CCOc1cc(CNCc2ccncc2)ccc1OCc1cccc(Cl)c1. The fourth-order valence-electron chi connectivity index (χ4n) is 2.69. The summed E-state index contributed by atoms with van der Waals surface area (Å²) in [6.45, 7) is 4.54. The summed E-state index contributed by atoms with van der Waals surface area (Å²) >= 11 is 6.03. The number of hydrogen-bond donors (Lipinski definition) is 1. The van der Waals surface area contributed by atoms with E-state index in [0.717, 1.165) is 35.7 Å². The molecule has 1 heterocycles. The van der Waals surface area contributed by atoms with Gasteiger partial charge in [-0.2, -0.15) is 0 Å². The fraction of sp³-hybridized carbons (Fsp3) is 0.227. The van der Waals surface area contributed by atoms with Gasteiger partial charge in [-0.25, -0.2) is 0 Å². The Kier molecular flexibility index (Phi) is 7.08. The summed E-state index contributed by atoms with van der Waals surface area (Å²) in [6.07, 6.45) is 3.60. The zero-order valence-corrected chi connectivity index (χ0v) is 16.1. The van der Waals surface area contributed by atoms with E-state index in [0.29, 0.717) is 18.2 Å². The molecule has 0 radical (unpaired) electrons. The number of rotatable bonds is 9. The van der Waals surface area contributed by atoms with E-state index in [-0.39, 0.29) is 0 Å². The van der Waals surface area contributed by atoms with Gasteiger partial charge in [0.05, 0.1) is 6.61 Å². The molecule has 0 saturated carbocycles. The predicted molar refractivity (Wildman–Crippen MR) is 108 cm³/mol. The average molecular weight is 383 g/mol. The summed E-state index contributed by atoms with van der Waals surface area (Å²) in [6, 6.07) is 17.7. The van der Waals surface area contributed by atoms with Crippen molar-refractivity contribution in [1.82, 2.24) is 10.3 Å². The normalized spacial score (nSPS) is 10.6. The van der Waals surface area contributed by atoms with E-state index in [1.807, 2.05) is 55.5 Å². The van der Waals surface area contributed by atoms with Gasteiger partial charge in [-0.3, -0.25) is 4.98 Å². The molecule has 0 amide bonds. The first-order valence-electron chi connectivity index (χ1n) is 8.97. The summed E-state index contributed by atoms with van der Waals surface area (Å²) in [5.74, 6) is 1.48. The number of benzene rings is 2. The molecule has 3 aromatic rings. The molecule has 1 aromatic heterocycles. The monoisotopic (exact) mass is 382 g/mol. The van der Waals surface area contributed by atoms with E-state index in [2.05, 4.69) is 16.4 Å². The molecule has 0 fully saturated rings. The Morgan fingerprint density at radius 1 is 0.852 bits per heavy atom. The first-order valence-corrected chi connectivity index (χ1v) is 9.35. The van der Waals surface area contributed by atoms with Crippen molar-refractivity contribution in [2.75, 3.05) is 6.61 Å². The lowest BCUT2D eigenvalue weighted by molar-refractivity contribution is 0.269. The van der Waals surface area contributed by atoms with Gasteiger partial charge in [0, 0.05) is 30.5 Å². The van der Waals surface area contributed by atoms with Gasteiger partial charge < -0.3 is 14.8 Å². The van der Waals surface area contributed by atoms with Crippen LogP contribution in [0.1, 0.15) is 23.6 Å². The van der Waals surface area contributed by atoms with E-state index < -0.39 is 0 Å². The molecule has 27 heavy (non-hydrogen) atoms. The maximum absolute atomic E-state index is 6.03. The molecular weight excluding hydrogens is 360 g/mol. The number of hydrogen-bond acceptors (Lipinski definition) is 4. The van der Waals surface area contributed by atoms with Gasteiger partial charge in [-0.05, 0) is 60.0 Å². The number of nitrogens with zero attached hydrogens (tertiary/aromatic N) is 1. The Morgan fingerprint density at radius 3 is 2.44 bits per heavy atom. The van der Waals surface area contributed by atoms with Crippen LogP contribution in [0.3, 0.4) is 0 Å². The van der Waals surface area contributed by atoms with Gasteiger partial charge in [0.2, 0.25) is 0 Å². The minimum absolute atomic E-state index is 0.445. The van der Waals surface area contributed by atoms with Crippen LogP contribution in [0.2, 0.25) is 5.02 Å². The topological polar surface area (TPSA) is 43.4 Å². The first kappa shape index (κ1) is 19.2. The number of halogens is 1. The van der Waals surface area contributed by atoms with Crippen molar-refractivity contribution in [2.45, 2.75) is 26.6 Å². The van der Waals surface area contributed by atoms with Crippen LogP contribution in [-0.4, -0.2) is 11.6 Å². The molecular formula is C22H23ClN2O2. The minimum atomic E-state index is 0.445. The molecule has 0 spiro atoms. The predicted octanol–water partition coefficient (Wildman–Crippen LogP) is 5.00. The number of pyridine rings is 1. The number of nitrogens with one attached hydrogen (secondary N) is 1. The molecule has 5 heteroatoms. The van der Waals surface area contributed by atoms with Crippen LogP contribution in [0.25, 0.3) is 0 Å². The van der Waals surface area contributed by atoms with Crippen LogP contribution >= 0.6 is 11.6 Å². The molecule has 0 aliphatic carbocycles. The van der Waals surface area contributed by atoms with E-state index >= 15 is 0 Å². The van der Waals surface area contributed by atoms with Gasteiger partial charge in [0.1, 0.15) is 6.61 Å². The van der Waals surface area contributed by atoms with Crippen molar-refractivity contribution in [3.63, 3.8) is 0 Å². The van der Waals surface area contributed by atoms with E-state index in [1.54, 1.807) is 12.4 Å². The van der Waals surface area contributed by atoms with Crippen molar-refractivity contribution in [3.8, 4) is 11.5 Å². The quantitative estimate of drug-likeness (QED) is 0.565. The zero-order chi connectivity index (χ0) is 18.9. The Hall–Kier alpha value is -2.56. The highest BCUT2D eigenvalue weighted by Gasteiger charge is 2.07. The maximum atomic E-state index is 6.03. The summed E-state index contributed by atoms with van der Waals surface area (Å²) in [5, 5.41) is 4.14. The average Bonchev–Trinajstić information content (AvgIpc) is 2.68. The van der Waals surface area contributed by atoms with E-state index in [4.69, 9.17) is 21.1 Å². The van der Waals surface area contributed by atoms with Crippen molar-refractivity contribution < 1.29 is 9.47 Å². The molecule has 0 atom stereocenters. The van der Waals surface area contributed by atoms with Crippen molar-refractivity contribution >= 4 is 11.6 Å². The van der Waals surface area contributed by atoms with Crippen LogP contribution < -0.4 is 14.8 Å². The van der Waals surface area contributed by atoms with Crippen molar-refractivity contribution in [2.24, 2.45) is 0 Å². The molecule has 0 aliphatic rings. The van der Waals surface area contributed by atoms with Gasteiger partial charge in [-0.15, -0.1) is 0 Å². The highest BCUT2D eigenvalue weighted by Crippen LogP contribution is 2.29. The second-order valence-corrected chi connectivity index (χ2v) is 6.53. The molecule has 0 unspecified atom stereocenters. The summed E-state index contributed by atoms with van der Waals surface area (Å²) in [7, 11) is 0. The van der Waals surface area contributed by atoms with Gasteiger partial charge in [0.25, 0.3) is 0 Å². The van der Waals surface area contributed by atoms with Gasteiger partial charge in [0.15, 0.2) is 11.5 Å². The standard InChI is InChI=1S/C22H23ClN2O2/c1-2-26-22-13-18(15-25-14-17-8-10-24-11-9-17)6-7-21(22)27-16-19-4-3-5-20(23)12-19/h3-13,25H,2,14-16H2,1H3. The third kappa shape index (κ3) is 5.98. The van der Waals surface area contributed by atoms with Gasteiger partial charge in [-0.1, -0.05) is 29.8 Å². The second-order valence-electron chi connectivity index (χ2n) is 6.09. The highest BCUT2D eigenvalue weighted by molar-refractivity contribution is 6.30. The number of ether oxygens (including phenoxy) is 2. The lowest BCUT2D eigenvalue weighted by atomic mass is 10.2. The smallest absolute Gasteiger partial charge is 0.161 e. The van der Waals surface area contributed by atoms with Crippen LogP contribution in [0.5, 0.6) is 11.5 Å². The van der Waals surface area contributed by atoms with Crippen LogP contribution in [0, 0.1) is 0 Å². The second kappa shape index (κ2) is 9.95. The van der Waals surface area contributed by atoms with Crippen molar-refractivity contribution in [1.29, 1.82) is 0 Å². The lowest BCUT2D eigenvalue weighted by Crippen LogP contribution is -2.13. The molecule has 0 saturated heterocycles. The van der Waals surface area contributed by atoms with E-state index in [1.165, 1.54) is 5.56 Å². The Balaban J connectivity index is 1.61. The molecule has 4 nitrogen and oxygen atoms in total. The lowest BCUT2D eigenvalue weighted by Gasteiger charge is -2.14. The van der Waals surface area contributed by atoms with Crippen LogP contribution in [0.4, 0.5) is 0 Å². The third-order valence-corrected chi connectivity index (χ3v) is 4.23. The maximum Gasteiger partial charge on any atom is 0.161 e. The molecule has 1 N–H and O–H groups in total. The Labute approximate surface area is 165 Å². The highest BCUT2D eigenvalue weighted by atomic mass is 35.5. The largest absolute Gasteiger partial charge is 0.490 e. The molecule has 140 valence electrons. The number of aromatic nitrogens is 1. The van der Waals surface area contributed by atoms with E-state index in [9.17, 15) is 0 Å². The molecule has 0 aliphatic heterocycles. The molecule has 2 aromatic carbocycles. The van der Waals surface area contributed by atoms with Crippen molar-refractivity contribution in [3.05, 3.63) is 88.7 Å². The summed E-state index contributed by atoms with van der Waals surface area (Å²) in [4.78, 5) is 4.03. The minimum Gasteiger partial charge on any atom is -0.490 e. The first-order chi connectivity index (χ1) is 13.2. The Bertz CT molecular complexity index is 856. The van der Waals surface area contributed by atoms with Crippen LogP contribution in [0.15, 0.2) is 67.0 Å². The zero-order valence-electron chi connectivity index (χ0n) is 15.3. The third-order valence-electron chi connectivity index (χ3n) is 4.00. The summed E-state index contributed by atoms with van der Waals surface area (Å²) in [5.41, 5.74) is 3.37. The molecule has 3 rings (SSSR count). The molecule has 0 bridgehead atoms. The fourth-order valence-corrected chi connectivity index (χ4v) is 2.90. The Morgan fingerprint density at radius 2 is 1.67 bits per heavy atom. The summed E-state index contributed by atoms with van der Waals surface area (Å²) < 4.78 is 11.7. The van der Waals surface area contributed by atoms with Crippen LogP contribution in [-0.2, 0) is 19.7 Å².